The maximum atomic E-state index is 5.55. The van der Waals surface area contributed by atoms with E-state index in [1.807, 2.05) is 13.0 Å². The Morgan fingerprint density at radius 1 is 1.47 bits per heavy atom. The first-order valence-corrected chi connectivity index (χ1v) is 7.06. The molecule has 0 radical (unpaired) electrons. The Bertz CT molecular complexity index is 486. The lowest BCUT2D eigenvalue weighted by atomic mass is 10.1. The van der Waals surface area contributed by atoms with Crippen molar-refractivity contribution in [3.8, 4) is 5.75 Å². The van der Waals surface area contributed by atoms with E-state index in [1.54, 1.807) is 0 Å². The second-order valence-corrected chi connectivity index (χ2v) is 5.33. The molecule has 1 unspecified atom stereocenters. The molecule has 2 aliphatic rings. The average Bonchev–Trinajstić information content (AvgIpc) is 3.04. The van der Waals surface area contributed by atoms with Crippen LogP contribution in [0.1, 0.15) is 31.7 Å². The summed E-state index contributed by atoms with van der Waals surface area (Å²) in [5.41, 5.74) is 1.36. The third-order valence-corrected chi connectivity index (χ3v) is 3.62. The predicted molar refractivity (Wildman–Crippen MR) is 76.8 cm³/mol. The third-order valence-electron chi connectivity index (χ3n) is 3.62. The number of hydrogen-bond donors (Lipinski definition) is 2. The predicted octanol–water partition coefficient (Wildman–Crippen LogP) is 1.88. The van der Waals surface area contributed by atoms with Crippen LogP contribution in [0.3, 0.4) is 0 Å². The molecule has 1 aromatic carbocycles. The molecular formula is C15H21N3O. The van der Waals surface area contributed by atoms with Crippen molar-refractivity contribution in [3.05, 3.63) is 29.8 Å². The van der Waals surface area contributed by atoms with E-state index in [0.717, 1.165) is 18.3 Å². The zero-order chi connectivity index (χ0) is 13.2. The minimum absolute atomic E-state index is 0.459. The molecule has 4 nitrogen and oxygen atoms in total. The van der Waals surface area contributed by atoms with E-state index in [9.17, 15) is 0 Å². The van der Waals surface area contributed by atoms with Gasteiger partial charge in [0, 0.05) is 18.0 Å². The smallest absolute Gasteiger partial charge is 0.191 e. The maximum absolute atomic E-state index is 5.55. The van der Waals surface area contributed by atoms with Gasteiger partial charge in [0.25, 0.3) is 0 Å². The molecule has 1 fully saturated rings. The molecule has 0 saturated heterocycles. The van der Waals surface area contributed by atoms with Crippen LogP contribution in [0.2, 0.25) is 0 Å². The highest BCUT2D eigenvalue weighted by Gasteiger charge is 2.39. The number of aliphatic imine (C=N–C) groups is 1. The summed E-state index contributed by atoms with van der Waals surface area (Å²) < 4.78 is 5.55. The molecule has 1 saturated carbocycles. The SMILES string of the molecule is CCOc1cccc([C@@H]2C[C@H]2NC2=NCC(C)N2)c1. The highest BCUT2D eigenvalue weighted by atomic mass is 16.5. The Balaban J connectivity index is 1.58. The van der Waals surface area contributed by atoms with Crippen molar-refractivity contribution in [2.24, 2.45) is 4.99 Å². The van der Waals surface area contributed by atoms with Gasteiger partial charge in [0.05, 0.1) is 13.2 Å². The summed E-state index contributed by atoms with van der Waals surface area (Å²) >= 11 is 0. The van der Waals surface area contributed by atoms with Crippen LogP contribution in [0.4, 0.5) is 0 Å². The lowest BCUT2D eigenvalue weighted by Gasteiger charge is -2.09. The molecule has 1 aliphatic carbocycles. The molecule has 0 aromatic heterocycles. The molecule has 1 aromatic rings. The molecule has 3 rings (SSSR count). The molecular weight excluding hydrogens is 238 g/mol. The molecule has 0 amide bonds. The van der Waals surface area contributed by atoms with E-state index in [2.05, 4.69) is 40.7 Å². The number of rotatable bonds is 4. The Hall–Kier alpha value is -1.71. The topological polar surface area (TPSA) is 45.6 Å². The van der Waals surface area contributed by atoms with Gasteiger partial charge in [-0.15, -0.1) is 0 Å². The first kappa shape index (κ1) is 12.3. The van der Waals surface area contributed by atoms with Crippen LogP contribution in [-0.4, -0.2) is 31.2 Å². The van der Waals surface area contributed by atoms with Crippen LogP contribution in [0.15, 0.2) is 29.3 Å². The van der Waals surface area contributed by atoms with Gasteiger partial charge in [-0.3, -0.25) is 4.99 Å². The fourth-order valence-corrected chi connectivity index (χ4v) is 2.54. The van der Waals surface area contributed by atoms with Crippen LogP contribution in [0.25, 0.3) is 0 Å². The number of nitrogens with zero attached hydrogens (tertiary/aromatic N) is 1. The molecule has 102 valence electrons. The number of nitrogens with one attached hydrogen (secondary N) is 2. The quantitative estimate of drug-likeness (QED) is 0.868. The van der Waals surface area contributed by atoms with Gasteiger partial charge in [-0.2, -0.15) is 0 Å². The van der Waals surface area contributed by atoms with E-state index in [0.29, 0.717) is 24.6 Å². The lowest BCUT2D eigenvalue weighted by Crippen LogP contribution is -2.39. The summed E-state index contributed by atoms with van der Waals surface area (Å²) in [5, 5.41) is 6.82. The fourth-order valence-electron chi connectivity index (χ4n) is 2.54. The molecule has 0 bridgehead atoms. The van der Waals surface area contributed by atoms with E-state index in [1.165, 1.54) is 12.0 Å². The first-order chi connectivity index (χ1) is 9.26. The Morgan fingerprint density at radius 2 is 2.37 bits per heavy atom. The monoisotopic (exact) mass is 259 g/mol. The maximum Gasteiger partial charge on any atom is 0.191 e. The summed E-state index contributed by atoms with van der Waals surface area (Å²) in [6.07, 6.45) is 1.17. The second kappa shape index (κ2) is 5.11. The Kier molecular flexibility index (Phi) is 3.32. The van der Waals surface area contributed by atoms with Gasteiger partial charge in [0.15, 0.2) is 5.96 Å². The minimum Gasteiger partial charge on any atom is -0.494 e. The fraction of sp³-hybridized carbons (Fsp3) is 0.533. The molecule has 0 spiro atoms. The summed E-state index contributed by atoms with van der Waals surface area (Å²) in [6.45, 7) is 5.75. The van der Waals surface area contributed by atoms with Crippen LogP contribution in [0, 0.1) is 0 Å². The number of benzene rings is 1. The molecule has 3 atom stereocenters. The molecule has 1 aliphatic heterocycles. The highest BCUT2D eigenvalue weighted by molar-refractivity contribution is 5.82. The van der Waals surface area contributed by atoms with Gasteiger partial charge in [0.1, 0.15) is 5.75 Å². The average molecular weight is 259 g/mol. The minimum atomic E-state index is 0.459. The van der Waals surface area contributed by atoms with Crippen molar-refractivity contribution in [1.29, 1.82) is 0 Å². The zero-order valence-corrected chi connectivity index (χ0v) is 11.5. The molecule has 4 heteroatoms. The van der Waals surface area contributed by atoms with Crippen molar-refractivity contribution in [3.63, 3.8) is 0 Å². The van der Waals surface area contributed by atoms with E-state index < -0.39 is 0 Å². The number of guanidine groups is 1. The molecule has 2 N–H and O–H groups in total. The van der Waals surface area contributed by atoms with Crippen LogP contribution >= 0.6 is 0 Å². The van der Waals surface area contributed by atoms with Crippen molar-refractivity contribution >= 4 is 5.96 Å². The zero-order valence-electron chi connectivity index (χ0n) is 11.5. The largest absolute Gasteiger partial charge is 0.494 e. The summed E-state index contributed by atoms with van der Waals surface area (Å²) in [7, 11) is 0. The van der Waals surface area contributed by atoms with Crippen molar-refractivity contribution in [2.45, 2.75) is 38.3 Å². The van der Waals surface area contributed by atoms with Crippen molar-refractivity contribution < 1.29 is 4.74 Å². The van der Waals surface area contributed by atoms with Gasteiger partial charge in [-0.1, -0.05) is 12.1 Å². The summed E-state index contributed by atoms with van der Waals surface area (Å²) in [4.78, 5) is 4.44. The number of ether oxygens (including phenoxy) is 1. The van der Waals surface area contributed by atoms with Gasteiger partial charge in [-0.05, 0) is 38.0 Å². The Labute approximate surface area is 114 Å². The highest BCUT2D eigenvalue weighted by Crippen LogP contribution is 2.41. The van der Waals surface area contributed by atoms with E-state index in [-0.39, 0.29) is 0 Å². The molecule has 19 heavy (non-hydrogen) atoms. The first-order valence-electron chi connectivity index (χ1n) is 7.06. The standard InChI is InChI=1S/C15H21N3O/c1-3-19-12-6-4-5-11(7-12)13-8-14(13)18-15-16-9-10(2)17-15/h4-7,10,13-14H,3,8-9H2,1-2H3,(H2,16,17,18)/t10?,13-,14+/m0/s1. The van der Waals surface area contributed by atoms with Crippen LogP contribution in [-0.2, 0) is 0 Å². The number of hydrogen-bond acceptors (Lipinski definition) is 4. The normalized spacial score (nSPS) is 28.5. The van der Waals surface area contributed by atoms with E-state index >= 15 is 0 Å². The van der Waals surface area contributed by atoms with Gasteiger partial charge >= 0.3 is 0 Å². The van der Waals surface area contributed by atoms with Crippen LogP contribution < -0.4 is 15.4 Å². The van der Waals surface area contributed by atoms with Crippen molar-refractivity contribution in [2.75, 3.05) is 13.2 Å². The third kappa shape index (κ3) is 2.83. The van der Waals surface area contributed by atoms with Gasteiger partial charge in [-0.25, -0.2) is 0 Å². The summed E-state index contributed by atoms with van der Waals surface area (Å²) in [5.74, 6) is 2.51. The Morgan fingerprint density at radius 3 is 3.11 bits per heavy atom. The van der Waals surface area contributed by atoms with Gasteiger partial charge < -0.3 is 15.4 Å². The molecule has 1 heterocycles. The van der Waals surface area contributed by atoms with Crippen LogP contribution in [0.5, 0.6) is 5.75 Å². The van der Waals surface area contributed by atoms with Gasteiger partial charge in [0.2, 0.25) is 0 Å². The van der Waals surface area contributed by atoms with Crippen molar-refractivity contribution in [1.82, 2.24) is 10.6 Å². The summed E-state index contributed by atoms with van der Waals surface area (Å²) in [6, 6.07) is 9.39. The lowest BCUT2D eigenvalue weighted by molar-refractivity contribution is 0.340. The van der Waals surface area contributed by atoms with E-state index in [4.69, 9.17) is 4.74 Å². The second-order valence-electron chi connectivity index (χ2n) is 5.33.